The van der Waals surface area contributed by atoms with Gasteiger partial charge in [-0.25, -0.2) is 4.79 Å². The fraction of sp³-hybridized carbons (Fsp3) is 0.533. The molecular weight excluding hydrogens is 242 g/mol. The fourth-order valence-corrected chi connectivity index (χ4v) is 1.67. The van der Waals surface area contributed by atoms with Crippen LogP contribution in [0.3, 0.4) is 0 Å². The van der Waals surface area contributed by atoms with Crippen LogP contribution in [0.15, 0.2) is 24.3 Å². The molecule has 2 N–H and O–H groups in total. The zero-order valence-corrected chi connectivity index (χ0v) is 11.8. The average molecular weight is 265 g/mol. The van der Waals surface area contributed by atoms with Crippen LogP contribution in [0.5, 0.6) is 5.75 Å². The molecule has 1 atom stereocenters. The van der Waals surface area contributed by atoms with E-state index in [0.717, 1.165) is 18.5 Å². The maximum atomic E-state index is 11.0. The van der Waals surface area contributed by atoms with Gasteiger partial charge in [-0.1, -0.05) is 39.3 Å². The fourth-order valence-electron chi connectivity index (χ4n) is 1.67. The molecule has 19 heavy (non-hydrogen) atoms. The molecule has 0 aliphatic carbocycles. The van der Waals surface area contributed by atoms with Gasteiger partial charge in [-0.15, -0.1) is 0 Å². The summed E-state index contributed by atoms with van der Waals surface area (Å²) in [5, 5.41) is 12.4. The standard InChI is InChI=1S/C15H23NO3/c1-4-5-14(15(17)18)19-13-8-6-12(7-9-13)10-16-11(2)3/h6-9,11,14,16H,4-5,10H2,1-3H3,(H,17,18). The van der Waals surface area contributed by atoms with Crippen molar-refractivity contribution < 1.29 is 14.6 Å². The Morgan fingerprint density at radius 2 is 1.95 bits per heavy atom. The van der Waals surface area contributed by atoms with E-state index >= 15 is 0 Å². The number of rotatable bonds is 8. The smallest absolute Gasteiger partial charge is 0.344 e. The number of carboxylic acid groups (broad SMARTS) is 1. The Morgan fingerprint density at radius 1 is 1.32 bits per heavy atom. The largest absolute Gasteiger partial charge is 0.479 e. The normalized spacial score (nSPS) is 12.4. The van der Waals surface area contributed by atoms with Crippen molar-refractivity contribution in [1.82, 2.24) is 5.32 Å². The number of carboxylic acids is 1. The molecule has 0 saturated carbocycles. The van der Waals surface area contributed by atoms with E-state index in [0.29, 0.717) is 18.2 Å². The zero-order chi connectivity index (χ0) is 14.3. The lowest BCUT2D eigenvalue weighted by atomic mass is 10.2. The number of nitrogens with one attached hydrogen (secondary N) is 1. The van der Waals surface area contributed by atoms with Crippen LogP contribution in [0.2, 0.25) is 0 Å². The van der Waals surface area contributed by atoms with Crippen molar-refractivity contribution in [2.45, 2.75) is 52.3 Å². The molecule has 1 unspecified atom stereocenters. The lowest BCUT2D eigenvalue weighted by molar-refractivity contribution is -0.145. The van der Waals surface area contributed by atoms with E-state index in [1.165, 1.54) is 0 Å². The van der Waals surface area contributed by atoms with Crippen molar-refractivity contribution in [3.05, 3.63) is 29.8 Å². The molecule has 0 radical (unpaired) electrons. The molecule has 4 heteroatoms. The van der Waals surface area contributed by atoms with E-state index < -0.39 is 12.1 Å². The molecule has 0 aromatic heterocycles. The third kappa shape index (κ3) is 5.75. The Hall–Kier alpha value is -1.55. The monoisotopic (exact) mass is 265 g/mol. The summed E-state index contributed by atoms with van der Waals surface area (Å²) < 4.78 is 5.48. The highest BCUT2D eigenvalue weighted by atomic mass is 16.5. The maximum Gasteiger partial charge on any atom is 0.344 e. The van der Waals surface area contributed by atoms with Crippen molar-refractivity contribution in [3.63, 3.8) is 0 Å². The van der Waals surface area contributed by atoms with Crippen molar-refractivity contribution in [1.29, 1.82) is 0 Å². The van der Waals surface area contributed by atoms with Gasteiger partial charge in [0.2, 0.25) is 0 Å². The molecule has 0 aliphatic heterocycles. The van der Waals surface area contributed by atoms with Gasteiger partial charge in [0.1, 0.15) is 5.75 Å². The molecular formula is C15H23NO3. The van der Waals surface area contributed by atoms with Crippen molar-refractivity contribution in [2.75, 3.05) is 0 Å². The molecule has 106 valence electrons. The molecule has 4 nitrogen and oxygen atoms in total. The minimum Gasteiger partial charge on any atom is -0.479 e. The van der Waals surface area contributed by atoms with Crippen molar-refractivity contribution in [3.8, 4) is 5.75 Å². The summed E-state index contributed by atoms with van der Waals surface area (Å²) in [5.74, 6) is -0.304. The maximum absolute atomic E-state index is 11.0. The predicted molar refractivity (Wildman–Crippen MR) is 75.4 cm³/mol. The van der Waals surface area contributed by atoms with Gasteiger partial charge in [0.05, 0.1) is 0 Å². The second-order valence-electron chi connectivity index (χ2n) is 4.91. The first kappa shape index (κ1) is 15.5. The Bertz CT molecular complexity index is 387. The van der Waals surface area contributed by atoms with E-state index in [1.807, 2.05) is 31.2 Å². The van der Waals surface area contributed by atoms with Gasteiger partial charge in [0, 0.05) is 12.6 Å². The van der Waals surface area contributed by atoms with Crippen LogP contribution >= 0.6 is 0 Å². The Balaban J connectivity index is 2.57. The lowest BCUT2D eigenvalue weighted by Gasteiger charge is -2.15. The minimum absolute atomic E-state index is 0.442. The Labute approximate surface area is 114 Å². The highest BCUT2D eigenvalue weighted by Crippen LogP contribution is 2.16. The Morgan fingerprint density at radius 3 is 2.42 bits per heavy atom. The highest BCUT2D eigenvalue weighted by Gasteiger charge is 2.17. The van der Waals surface area contributed by atoms with E-state index in [1.54, 1.807) is 0 Å². The van der Waals surface area contributed by atoms with Crippen molar-refractivity contribution in [2.24, 2.45) is 0 Å². The molecule has 0 aliphatic rings. The number of carbonyl (C=O) groups is 1. The molecule has 0 bridgehead atoms. The summed E-state index contributed by atoms with van der Waals surface area (Å²) in [4.78, 5) is 11.0. The van der Waals surface area contributed by atoms with Crippen LogP contribution in [0.4, 0.5) is 0 Å². The van der Waals surface area contributed by atoms with Crippen LogP contribution in [0, 0.1) is 0 Å². The van der Waals surface area contributed by atoms with Gasteiger partial charge >= 0.3 is 5.97 Å². The number of hydrogen-bond donors (Lipinski definition) is 2. The number of hydrogen-bond acceptors (Lipinski definition) is 3. The topological polar surface area (TPSA) is 58.6 Å². The molecule has 0 amide bonds. The van der Waals surface area contributed by atoms with Gasteiger partial charge in [-0.3, -0.25) is 0 Å². The molecule has 0 spiro atoms. The van der Waals surface area contributed by atoms with Crippen LogP contribution in [-0.4, -0.2) is 23.2 Å². The van der Waals surface area contributed by atoms with E-state index in [-0.39, 0.29) is 0 Å². The van der Waals surface area contributed by atoms with Crippen LogP contribution in [-0.2, 0) is 11.3 Å². The summed E-state index contributed by atoms with van der Waals surface area (Å²) in [6.45, 7) is 6.94. The number of benzene rings is 1. The highest BCUT2D eigenvalue weighted by molar-refractivity contribution is 5.72. The first-order valence-corrected chi connectivity index (χ1v) is 6.74. The summed E-state index contributed by atoms with van der Waals surface area (Å²) >= 11 is 0. The van der Waals surface area contributed by atoms with Gasteiger partial charge < -0.3 is 15.2 Å². The van der Waals surface area contributed by atoms with Gasteiger partial charge in [-0.05, 0) is 24.1 Å². The zero-order valence-electron chi connectivity index (χ0n) is 11.8. The second kappa shape index (κ2) is 7.79. The first-order valence-electron chi connectivity index (χ1n) is 6.74. The molecule has 0 saturated heterocycles. The third-order valence-electron chi connectivity index (χ3n) is 2.74. The van der Waals surface area contributed by atoms with Crippen LogP contribution in [0.1, 0.15) is 39.2 Å². The number of ether oxygens (including phenoxy) is 1. The van der Waals surface area contributed by atoms with Gasteiger partial charge in [0.15, 0.2) is 6.10 Å². The third-order valence-corrected chi connectivity index (χ3v) is 2.74. The molecule has 1 aromatic carbocycles. The quantitative estimate of drug-likeness (QED) is 0.759. The molecule has 1 rings (SSSR count). The van der Waals surface area contributed by atoms with E-state index in [4.69, 9.17) is 9.84 Å². The first-order chi connectivity index (χ1) is 9.02. The summed E-state index contributed by atoms with van der Waals surface area (Å²) in [5.41, 5.74) is 1.16. The van der Waals surface area contributed by atoms with E-state index in [2.05, 4.69) is 19.2 Å². The second-order valence-corrected chi connectivity index (χ2v) is 4.91. The summed E-state index contributed by atoms with van der Waals surface area (Å²) in [6.07, 6.45) is 0.545. The van der Waals surface area contributed by atoms with Gasteiger partial charge in [0.25, 0.3) is 0 Å². The van der Waals surface area contributed by atoms with Crippen LogP contribution in [0.25, 0.3) is 0 Å². The van der Waals surface area contributed by atoms with E-state index in [9.17, 15) is 4.79 Å². The van der Waals surface area contributed by atoms with Crippen LogP contribution < -0.4 is 10.1 Å². The predicted octanol–water partition coefficient (Wildman–Crippen LogP) is 2.82. The van der Waals surface area contributed by atoms with Crippen molar-refractivity contribution >= 4 is 5.97 Å². The molecule has 1 aromatic rings. The Kier molecular flexibility index (Phi) is 6.36. The molecule has 0 fully saturated rings. The number of aliphatic carboxylic acids is 1. The minimum atomic E-state index is -0.910. The SMILES string of the molecule is CCCC(Oc1ccc(CNC(C)C)cc1)C(=O)O. The lowest BCUT2D eigenvalue weighted by Crippen LogP contribution is -2.26. The summed E-state index contributed by atoms with van der Waals surface area (Å²) in [6, 6.07) is 7.99. The molecule has 0 heterocycles. The van der Waals surface area contributed by atoms with Gasteiger partial charge in [-0.2, -0.15) is 0 Å². The average Bonchev–Trinajstić information content (AvgIpc) is 2.37. The summed E-state index contributed by atoms with van der Waals surface area (Å²) in [7, 11) is 0.